The summed E-state index contributed by atoms with van der Waals surface area (Å²) >= 11 is 0. The van der Waals surface area contributed by atoms with E-state index < -0.39 is 29.5 Å². The van der Waals surface area contributed by atoms with E-state index in [0.29, 0.717) is 24.2 Å². The van der Waals surface area contributed by atoms with Gasteiger partial charge in [0, 0.05) is 5.57 Å². The first-order valence-electron chi connectivity index (χ1n) is 9.52. The Morgan fingerprint density at radius 2 is 1.84 bits per heavy atom. The molecule has 1 aromatic carbocycles. The number of hydrogen-bond donors (Lipinski definition) is 0. The van der Waals surface area contributed by atoms with E-state index in [1.54, 1.807) is 20.8 Å². The molecule has 1 heterocycles. The number of nitrogens with zero attached hydrogens (tertiary/aromatic N) is 2. The average Bonchev–Trinajstić information content (AvgIpc) is 3.33. The molecule has 0 atom stereocenters. The van der Waals surface area contributed by atoms with Crippen molar-refractivity contribution >= 4 is 5.97 Å². The van der Waals surface area contributed by atoms with Crippen LogP contribution in [0.5, 0.6) is 5.75 Å². The average molecular weight is 442 g/mol. The van der Waals surface area contributed by atoms with Crippen LogP contribution in [0.2, 0.25) is 0 Å². The highest BCUT2D eigenvalue weighted by atomic mass is 19.3. The van der Waals surface area contributed by atoms with Crippen molar-refractivity contribution in [2.24, 2.45) is 0 Å². The van der Waals surface area contributed by atoms with Gasteiger partial charge in [0.05, 0.1) is 11.8 Å². The number of hydrogen-bond acceptors (Lipinski definition) is 6. The van der Waals surface area contributed by atoms with Gasteiger partial charge in [-0.1, -0.05) is 23.9 Å². The molecule has 2 aromatic rings. The summed E-state index contributed by atoms with van der Waals surface area (Å²) in [6.07, 6.45) is -7.11. The SMILES string of the molecule is C=C(Cc1nc(C2(c3ccc(OC(F)(F)C(F)F)cc3)CC2)no1)C(=O)OC(C)(C)C. The third-order valence-corrected chi connectivity index (χ3v) is 4.61. The second kappa shape index (κ2) is 7.97. The molecule has 1 fully saturated rings. The predicted molar refractivity (Wildman–Crippen MR) is 101 cm³/mol. The Labute approximate surface area is 176 Å². The fourth-order valence-electron chi connectivity index (χ4n) is 2.94. The molecule has 0 bridgehead atoms. The van der Waals surface area contributed by atoms with Crippen LogP contribution < -0.4 is 4.74 Å². The van der Waals surface area contributed by atoms with E-state index in [2.05, 4.69) is 21.5 Å². The first-order valence-corrected chi connectivity index (χ1v) is 9.52. The van der Waals surface area contributed by atoms with Crippen LogP contribution in [-0.4, -0.2) is 34.2 Å². The molecule has 0 N–H and O–H groups in total. The van der Waals surface area contributed by atoms with Crippen molar-refractivity contribution in [3.63, 3.8) is 0 Å². The van der Waals surface area contributed by atoms with Crippen molar-refractivity contribution < 1.29 is 36.4 Å². The monoisotopic (exact) mass is 442 g/mol. The molecule has 6 nitrogen and oxygen atoms in total. The van der Waals surface area contributed by atoms with Gasteiger partial charge >= 0.3 is 18.5 Å². The van der Waals surface area contributed by atoms with Crippen molar-refractivity contribution in [2.45, 2.75) is 63.6 Å². The highest BCUT2D eigenvalue weighted by molar-refractivity contribution is 5.88. The molecule has 1 aliphatic rings. The van der Waals surface area contributed by atoms with Crippen molar-refractivity contribution in [3.8, 4) is 5.75 Å². The minimum Gasteiger partial charge on any atom is -0.457 e. The number of benzene rings is 1. The maximum Gasteiger partial charge on any atom is 0.461 e. The van der Waals surface area contributed by atoms with Crippen molar-refractivity contribution in [2.75, 3.05) is 0 Å². The summed E-state index contributed by atoms with van der Waals surface area (Å²) in [7, 11) is 0. The van der Waals surface area contributed by atoms with Gasteiger partial charge in [-0.15, -0.1) is 0 Å². The van der Waals surface area contributed by atoms with Crippen LogP contribution in [-0.2, 0) is 21.4 Å². The van der Waals surface area contributed by atoms with Crippen LogP contribution in [0.25, 0.3) is 0 Å². The van der Waals surface area contributed by atoms with Gasteiger partial charge in [0.2, 0.25) is 5.89 Å². The van der Waals surface area contributed by atoms with Gasteiger partial charge in [-0.3, -0.25) is 0 Å². The molecule has 10 heteroatoms. The van der Waals surface area contributed by atoms with Gasteiger partial charge in [-0.25, -0.2) is 4.79 Å². The summed E-state index contributed by atoms with van der Waals surface area (Å²) in [6.45, 7) is 8.92. The second-order valence-electron chi connectivity index (χ2n) is 8.36. The standard InChI is InChI=1S/C21H22F4N2O4/c1-12(16(28)30-19(2,3)4)11-15-26-18(27-31-15)20(9-10-20)13-5-7-14(8-6-13)29-21(24,25)17(22)23/h5-8,17H,1,9-11H2,2-4H3. The molecule has 0 aliphatic heterocycles. The highest BCUT2D eigenvalue weighted by Crippen LogP contribution is 2.52. The van der Waals surface area contributed by atoms with E-state index in [1.807, 2.05) is 0 Å². The normalized spacial score (nSPS) is 15.6. The van der Waals surface area contributed by atoms with Gasteiger partial charge < -0.3 is 14.0 Å². The number of rotatable bonds is 8. The largest absolute Gasteiger partial charge is 0.461 e. The summed E-state index contributed by atoms with van der Waals surface area (Å²) in [5.41, 5.74) is -0.360. The maximum atomic E-state index is 13.1. The Kier molecular flexibility index (Phi) is 5.86. The number of aromatic nitrogens is 2. The predicted octanol–water partition coefficient (Wildman–Crippen LogP) is 4.83. The summed E-state index contributed by atoms with van der Waals surface area (Å²) in [5.74, 6) is -0.378. The molecule has 1 saturated carbocycles. The van der Waals surface area contributed by atoms with Crippen LogP contribution >= 0.6 is 0 Å². The molecule has 0 amide bonds. The lowest BCUT2D eigenvalue weighted by atomic mass is 9.95. The highest BCUT2D eigenvalue weighted by Gasteiger charge is 2.50. The Balaban J connectivity index is 1.69. The number of carbonyl (C=O) groups is 1. The minimum atomic E-state index is -4.57. The summed E-state index contributed by atoms with van der Waals surface area (Å²) in [6, 6.07) is 5.38. The zero-order valence-electron chi connectivity index (χ0n) is 17.3. The second-order valence-corrected chi connectivity index (χ2v) is 8.36. The lowest BCUT2D eigenvalue weighted by molar-refractivity contribution is -0.253. The smallest absolute Gasteiger partial charge is 0.457 e. The van der Waals surface area contributed by atoms with Gasteiger partial charge in [-0.2, -0.15) is 22.5 Å². The Morgan fingerprint density at radius 3 is 2.35 bits per heavy atom. The fraction of sp³-hybridized carbons (Fsp3) is 0.476. The van der Waals surface area contributed by atoms with Crippen LogP contribution in [0.4, 0.5) is 17.6 Å². The van der Waals surface area contributed by atoms with Gasteiger partial charge in [0.15, 0.2) is 5.82 Å². The van der Waals surface area contributed by atoms with Gasteiger partial charge in [0.1, 0.15) is 11.4 Å². The third-order valence-electron chi connectivity index (χ3n) is 4.61. The molecule has 0 spiro atoms. The summed E-state index contributed by atoms with van der Waals surface area (Å²) in [4.78, 5) is 16.4. The Morgan fingerprint density at radius 1 is 1.23 bits per heavy atom. The lowest BCUT2D eigenvalue weighted by Gasteiger charge is -2.19. The van der Waals surface area contributed by atoms with E-state index in [4.69, 9.17) is 9.26 Å². The number of alkyl halides is 4. The van der Waals surface area contributed by atoms with E-state index in [-0.39, 0.29) is 23.6 Å². The van der Waals surface area contributed by atoms with Crippen molar-refractivity contribution in [3.05, 3.63) is 53.7 Å². The molecule has 1 aromatic heterocycles. The van der Waals surface area contributed by atoms with Crippen molar-refractivity contribution in [1.82, 2.24) is 10.1 Å². The zero-order valence-corrected chi connectivity index (χ0v) is 17.3. The van der Waals surface area contributed by atoms with Crippen LogP contribution in [0.1, 0.15) is 50.9 Å². The fourth-order valence-corrected chi connectivity index (χ4v) is 2.94. The van der Waals surface area contributed by atoms with Crippen molar-refractivity contribution in [1.29, 1.82) is 0 Å². The molecular formula is C21H22F4N2O4. The lowest BCUT2D eigenvalue weighted by Crippen LogP contribution is -2.33. The molecule has 0 unspecified atom stereocenters. The Hall–Kier alpha value is -2.91. The number of ether oxygens (including phenoxy) is 2. The van der Waals surface area contributed by atoms with Gasteiger partial charge in [0.25, 0.3) is 0 Å². The summed E-state index contributed by atoms with van der Waals surface area (Å²) < 4.78 is 65.2. The third kappa shape index (κ3) is 5.23. The van der Waals surface area contributed by atoms with Crippen LogP contribution in [0, 0.1) is 0 Å². The summed E-state index contributed by atoms with van der Waals surface area (Å²) in [5, 5.41) is 3.99. The first kappa shape index (κ1) is 22.8. The van der Waals surface area contributed by atoms with Gasteiger partial charge in [-0.05, 0) is 51.3 Å². The maximum absolute atomic E-state index is 13.1. The van der Waals surface area contributed by atoms with E-state index in [1.165, 1.54) is 24.3 Å². The molecule has 0 saturated heterocycles. The van der Waals surface area contributed by atoms with E-state index >= 15 is 0 Å². The minimum absolute atomic E-state index is 0.0213. The first-order chi connectivity index (χ1) is 14.3. The molecule has 1 aliphatic carbocycles. The number of halogens is 4. The molecule has 31 heavy (non-hydrogen) atoms. The molecular weight excluding hydrogens is 420 g/mol. The quantitative estimate of drug-likeness (QED) is 0.331. The van der Waals surface area contributed by atoms with E-state index in [0.717, 1.165) is 0 Å². The number of carbonyl (C=O) groups excluding carboxylic acids is 1. The topological polar surface area (TPSA) is 74.5 Å². The Bertz CT molecular complexity index is 961. The zero-order chi connectivity index (χ0) is 23.0. The molecule has 0 radical (unpaired) electrons. The molecule has 168 valence electrons. The van der Waals surface area contributed by atoms with Crippen LogP contribution in [0.15, 0.2) is 40.9 Å². The van der Waals surface area contributed by atoms with Crippen LogP contribution in [0.3, 0.4) is 0 Å². The molecule has 3 rings (SSSR count). The van der Waals surface area contributed by atoms with E-state index in [9.17, 15) is 22.4 Å². The number of esters is 1.